The molecule has 1 aromatic carbocycles. The molecule has 2 N–H and O–H groups in total. The van der Waals surface area contributed by atoms with Crippen molar-refractivity contribution < 1.29 is 0 Å². The van der Waals surface area contributed by atoms with Gasteiger partial charge in [-0.05, 0) is 37.3 Å². The summed E-state index contributed by atoms with van der Waals surface area (Å²) >= 11 is 0. The van der Waals surface area contributed by atoms with E-state index in [1.54, 1.807) is 0 Å². The Bertz CT molecular complexity index is 608. The Morgan fingerprint density at radius 1 is 1.22 bits per heavy atom. The minimum absolute atomic E-state index is 0.738. The number of nitrogens with two attached hydrogens (primary N) is 1. The van der Waals surface area contributed by atoms with Crippen molar-refractivity contribution in [2.45, 2.75) is 25.3 Å². The van der Waals surface area contributed by atoms with Crippen molar-refractivity contribution in [3.8, 4) is 0 Å². The smallest absolute Gasteiger partial charge is 0.0951 e. The second-order valence-corrected chi connectivity index (χ2v) is 5.56. The van der Waals surface area contributed by atoms with Gasteiger partial charge in [-0.3, -0.25) is 4.98 Å². The quantitative estimate of drug-likeness (QED) is 0.778. The summed E-state index contributed by atoms with van der Waals surface area (Å²) < 4.78 is 0. The Balaban J connectivity index is 1.88. The molecule has 92 valence electrons. The number of nitrogens with zero attached hydrogens (tertiary/aromatic N) is 2. The van der Waals surface area contributed by atoms with Crippen LogP contribution in [0.5, 0.6) is 0 Å². The van der Waals surface area contributed by atoms with Gasteiger partial charge in [-0.1, -0.05) is 12.1 Å². The maximum absolute atomic E-state index is 6.02. The van der Waals surface area contributed by atoms with Crippen LogP contribution in [0.15, 0.2) is 30.5 Å². The van der Waals surface area contributed by atoms with E-state index in [-0.39, 0.29) is 0 Å². The fraction of sp³-hybridized carbons (Fsp3) is 0.400. The van der Waals surface area contributed by atoms with Gasteiger partial charge < -0.3 is 10.6 Å². The predicted molar refractivity (Wildman–Crippen MR) is 74.6 cm³/mol. The van der Waals surface area contributed by atoms with Crippen LogP contribution < -0.4 is 10.6 Å². The van der Waals surface area contributed by atoms with Crippen LogP contribution in [-0.2, 0) is 0 Å². The molecule has 2 bridgehead atoms. The minimum atomic E-state index is 0.738. The lowest BCUT2D eigenvalue weighted by atomic mass is 10.1. The van der Waals surface area contributed by atoms with Gasteiger partial charge in [-0.25, -0.2) is 0 Å². The molecule has 4 rings (SSSR count). The molecule has 2 heterocycles. The van der Waals surface area contributed by atoms with E-state index >= 15 is 0 Å². The molecule has 2 aliphatic rings. The average molecular weight is 239 g/mol. The maximum atomic E-state index is 6.02. The molecule has 3 nitrogen and oxygen atoms in total. The minimum Gasteiger partial charge on any atom is -0.397 e. The highest BCUT2D eigenvalue weighted by atomic mass is 15.2. The second kappa shape index (κ2) is 3.61. The third-order valence-electron chi connectivity index (χ3n) is 4.50. The standard InChI is InChI=1S/C15H17N3/c16-13-3-1-2-12-14(6-7-17-15(12)13)18-9-10-4-5-11(18)8-10/h1-3,6-7,10-11H,4-5,8-9,16H2. The molecule has 2 unspecified atom stereocenters. The van der Waals surface area contributed by atoms with E-state index in [9.17, 15) is 0 Å². The lowest BCUT2D eigenvalue weighted by Crippen LogP contribution is -2.31. The molecule has 0 radical (unpaired) electrons. The van der Waals surface area contributed by atoms with Gasteiger partial charge in [0.2, 0.25) is 0 Å². The number of benzene rings is 1. The van der Waals surface area contributed by atoms with Gasteiger partial charge in [0.15, 0.2) is 0 Å². The number of fused-ring (bicyclic) bond motifs is 3. The molecule has 2 fully saturated rings. The number of rotatable bonds is 1. The lowest BCUT2D eigenvalue weighted by Gasteiger charge is -2.30. The molecular formula is C15H17N3. The van der Waals surface area contributed by atoms with Gasteiger partial charge in [-0.15, -0.1) is 0 Å². The molecule has 2 aromatic rings. The Hall–Kier alpha value is -1.77. The van der Waals surface area contributed by atoms with Crippen molar-refractivity contribution in [2.24, 2.45) is 5.92 Å². The SMILES string of the molecule is Nc1cccc2c(N3CC4CCC3C4)ccnc12. The van der Waals surface area contributed by atoms with E-state index in [4.69, 9.17) is 5.73 Å². The van der Waals surface area contributed by atoms with Gasteiger partial charge in [0, 0.05) is 29.9 Å². The summed E-state index contributed by atoms with van der Waals surface area (Å²) in [4.78, 5) is 6.99. The summed E-state index contributed by atoms with van der Waals surface area (Å²) in [6.07, 6.45) is 6.01. The highest BCUT2D eigenvalue weighted by Gasteiger charge is 2.38. The second-order valence-electron chi connectivity index (χ2n) is 5.56. The first-order valence-corrected chi connectivity index (χ1v) is 6.73. The summed E-state index contributed by atoms with van der Waals surface area (Å²) in [5, 5.41) is 1.20. The molecule has 1 aliphatic carbocycles. The van der Waals surface area contributed by atoms with Crippen LogP contribution in [0.2, 0.25) is 0 Å². The van der Waals surface area contributed by atoms with Crippen molar-refractivity contribution in [2.75, 3.05) is 17.2 Å². The number of pyridine rings is 1. The molecular weight excluding hydrogens is 222 g/mol. The first-order chi connectivity index (χ1) is 8.83. The van der Waals surface area contributed by atoms with Crippen molar-refractivity contribution in [3.05, 3.63) is 30.5 Å². The van der Waals surface area contributed by atoms with Gasteiger partial charge in [0.05, 0.1) is 11.2 Å². The zero-order valence-corrected chi connectivity index (χ0v) is 10.3. The maximum Gasteiger partial charge on any atom is 0.0951 e. The first-order valence-electron chi connectivity index (χ1n) is 6.73. The normalized spacial score (nSPS) is 26.1. The summed E-state index contributed by atoms with van der Waals surface area (Å²) in [5.74, 6) is 0.902. The van der Waals surface area contributed by atoms with Crippen molar-refractivity contribution >= 4 is 22.3 Å². The van der Waals surface area contributed by atoms with Crippen LogP contribution in [0.25, 0.3) is 10.9 Å². The highest BCUT2D eigenvalue weighted by Crippen LogP contribution is 2.42. The number of nitrogen functional groups attached to an aromatic ring is 1. The van der Waals surface area contributed by atoms with E-state index in [1.165, 1.54) is 36.9 Å². The van der Waals surface area contributed by atoms with E-state index < -0.39 is 0 Å². The number of aromatic nitrogens is 1. The summed E-state index contributed by atoms with van der Waals surface area (Å²) in [5.41, 5.74) is 9.06. The lowest BCUT2D eigenvalue weighted by molar-refractivity contribution is 0.554. The third-order valence-corrected chi connectivity index (χ3v) is 4.50. The summed E-state index contributed by atoms with van der Waals surface area (Å²) in [7, 11) is 0. The molecule has 0 amide bonds. The molecule has 3 heteroatoms. The molecule has 1 saturated heterocycles. The number of hydrogen-bond donors (Lipinski definition) is 1. The van der Waals surface area contributed by atoms with E-state index in [0.717, 1.165) is 23.2 Å². The first kappa shape index (κ1) is 10.2. The zero-order chi connectivity index (χ0) is 12.1. The fourth-order valence-corrected chi connectivity index (χ4v) is 3.65. The number of para-hydroxylation sites is 1. The Morgan fingerprint density at radius 3 is 2.94 bits per heavy atom. The van der Waals surface area contributed by atoms with Crippen LogP contribution in [0.4, 0.5) is 11.4 Å². The van der Waals surface area contributed by atoms with E-state index in [1.807, 2.05) is 18.3 Å². The highest BCUT2D eigenvalue weighted by molar-refractivity contribution is 5.98. The summed E-state index contributed by atoms with van der Waals surface area (Å²) in [6.45, 7) is 1.21. The molecule has 1 aliphatic heterocycles. The monoisotopic (exact) mass is 239 g/mol. The van der Waals surface area contributed by atoms with Crippen LogP contribution in [-0.4, -0.2) is 17.6 Å². The number of piperidine rings is 1. The van der Waals surface area contributed by atoms with Gasteiger partial charge in [0.1, 0.15) is 0 Å². The predicted octanol–water partition coefficient (Wildman–Crippen LogP) is 2.81. The van der Waals surface area contributed by atoms with Crippen LogP contribution >= 0.6 is 0 Å². The Labute approximate surface area is 107 Å². The average Bonchev–Trinajstić information content (AvgIpc) is 3.01. The van der Waals surface area contributed by atoms with Crippen molar-refractivity contribution in [1.82, 2.24) is 4.98 Å². The number of hydrogen-bond acceptors (Lipinski definition) is 3. The fourth-order valence-electron chi connectivity index (χ4n) is 3.65. The van der Waals surface area contributed by atoms with E-state index in [0.29, 0.717) is 0 Å². The summed E-state index contributed by atoms with van der Waals surface area (Å²) in [6, 6.07) is 8.97. The van der Waals surface area contributed by atoms with E-state index in [2.05, 4.69) is 22.0 Å². The van der Waals surface area contributed by atoms with Gasteiger partial charge >= 0.3 is 0 Å². The van der Waals surface area contributed by atoms with Crippen LogP contribution in [0.1, 0.15) is 19.3 Å². The Kier molecular flexibility index (Phi) is 2.04. The van der Waals surface area contributed by atoms with Gasteiger partial charge in [0.25, 0.3) is 0 Å². The molecule has 18 heavy (non-hydrogen) atoms. The molecule has 1 saturated carbocycles. The van der Waals surface area contributed by atoms with Crippen molar-refractivity contribution in [1.29, 1.82) is 0 Å². The Morgan fingerprint density at radius 2 is 2.17 bits per heavy atom. The topological polar surface area (TPSA) is 42.1 Å². The molecule has 0 spiro atoms. The number of anilines is 2. The third kappa shape index (κ3) is 1.33. The largest absolute Gasteiger partial charge is 0.397 e. The molecule has 1 aromatic heterocycles. The van der Waals surface area contributed by atoms with Gasteiger partial charge in [-0.2, -0.15) is 0 Å². The van der Waals surface area contributed by atoms with Crippen LogP contribution in [0.3, 0.4) is 0 Å². The van der Waals surface area contributed by atoms with Crippen molar-refractivity contribution in [3.63, 3.8) is 0 Å². The molecule has 2 atom stereocenters. The van der Waals surface area contributed by atoms with Crippen LogP contribution in [0, 0.1) is 5.92 Å². The zero-order valence-electron chi connectivity index (χ0n) is 10.3.